The first kappa shape index (κ1) is 22.7. The molecular weight excluding hydrogens is 436 g/mol. The van der Waals surface area contributed by atoms with Crippen LogP contribution in [0.2, 0.25) is 0 Å². The van der Waals surface area contributed by atoms with Crippen LogP contribution < -0.4 is 10.1 Å². The molecule has 5 heteroatoms. The third-order valence-electron chi connectivity index (χ3n) is 6.40. The van der Waals surface area contributed by atoms with Crippen molar-refractivity contribution >= 4 is 27.6 Å². The number of carboxylic acids is 1. The Morgan fingerprint density at radius 1 is 0.971 bits per heavy atom. The molecule has 1 heterocycles. The summed E-state index contributed by atoms with van der Waals surface area (Å²) >= 11 is 0. The summed E-state index contributed by atoms with van der Waals surface area (Å²) < 4.78 is 6.25. The van der Waals surface area contributed by atoms with E-state index in [-0.39, 0.29) is 0 Å². The molecule has 0 spiro atoms. The Morgan fingerprint density at radius 3 is 2.60 bits per heavy atom. The highest BCUT2D eigenvalue weighted by Crippen LogP contribution is 2.29. The van der Waals surface area contributed by atoms with Crippen molar-refractivity contribution in [1.82, 2.24) is 10.3 Å². The fourth-order valence-electron chi connectivity index (χ4n) is 4.59. The Balaban J connectivity index is 1.40. The first-order valence-corrected chi connectivity index (χ1v) is 11.8. The van der Waals surface area contributed by atoms with Gasteiger partial charge in [0.15, 0.2) is 0 Å². The largest absolute Gasteiger partial charge is 0.489 e. The molecule has 0 aliphatic heterocycles. The number of hydrogen-bond donors (Lipinski definition) is 3. The van der Waals surface area contributed by atoms with Crippen LogP contribution in [0.15, 0.2) is 91.1 Å². The molecule has 35 heavy (non-hydrogen) atoms. The van der Waals surface area contributed by atoms with Crippen LogP contribution in [0.4, 0.5) is 0 Å². The first-order chi connectivity index (χ1) is 17.1. The molecule has 4 aromatic carbocycles. The molecule has 5 aromatic rings. The summed E-state index contributed by atoms with van der Waals surface area (Å²) in [6, 6.07) is 27.6. The molecule has 5 nitrogen and oxygen atoms in total. The van der Waals surface area contributed by atoms with Crippen LogP contribution in [0.1, 0.15) is 22.3 Å². The molecule has 0 fully saturated rings. The van der Waals surface area contributed by atoms with Gasteiger partial charge in [-0.2, -0.15) is 0 Å². The second kappa shape index (κ2) is 10.0. The van der Waals surface area contributed by atoms with Gasteiger partial charge in [0.05, 0.1) is 0 Å². The van der Waals surface area contributed by atoms with E-state index < -0.39 is 12.0 Å². The van der Waals surface area contributed by atoms with Gasteiger partial charge in [-0.05, 0) is 41.0 Å². The van der Waals surface area contributed by atoms with Crippen molar-refractivity contribution in [2.75, 3.05) is 0 Å². The number of aromatic amines is 1. The molecule has 1 atom stereocenters. The van der Waals surface area contributed by atoms with E-state index in [1.54, 1.807) is 0 Å². The fraction of sp³-hybridized carbons (Fsp3) is 0.167. The zero-order valence-corrected chi connectivity index (χ0v) is 19.6. The highest BCUT2D eigenvalue weighted by molar-refractivity contribution is 5.88. The topological polar surface area (TPSA) is 74.3 Å². The van der Waals surface area contributed by atoms with Gasteiger partial charge >= 0.3 is 5.97 Å². The maximum Gasteiger partial charge on any atom is 0.321 e. The minimum Gasteiger partial charge on any atom is -0.489 e. The molecule has 5 rings (SSSR count). The van der Waals surface area contributed by atoms with Crippen LogP contribution in [-0.4, -0.2) is 22.1 Å². The lowest BCUT2D eigenvalue weighted by Gasteiger charge is -2.18. The maximum absolute atomic E-state index is 12.2. The lowest BCUT2D eigenvalue weighted by molar-refractivity contribution is -0.139. The minimum atomic E-state index is -0.877. The molecule has 0 saturated carbocycles. The first-order valence-electron chi connectivity index (χ1n) is 11.8. The van der Waals surface area contributed by atoms with Crippen molar-refractivity contribution in [3.8, 4) is 5.75 Å². The molecule has 0 aliphatic carbocycles. The van der Waals surface area contributed by atoms with Crippen LogP contribution in [0.3, 0.4) is 0 Å². The molecule has 176 valence electrons. The fourth-order valence-corrected chi connectivity index (χ4v) is 4.59. The van der Waals surface area contributed by atoms with Crippen molar-refractivity contribution in [2.45, 2.75) is 32.5 Å². The second-order valence-corrected chi connectivity index (χ2v) is 8.88. The van der Waals surface area contributed by atoms with Crippen LogP contribution in [0.5, 0.6) is 5.75 Å². The van der Waals surface area contributed by atoms with E-state index in [0.29, 0.717) is 19.6 Å². The van der Waals surface area contributed by atoms with E-state index in [1.807, 2.05) is 66.9 Å². The molecule has 0 aliphatic rings. The zero-order valence-electron chi connectivity index (χ0n) is 19.6. The highest BCUT2D eigenvalue weighted by atomic mass is 16.5. The minimum absolute atomic E-state index is 0.379. The Labute approximate surface area is 204 Å². The van der Waals surface area contributed by atoms with Gasteiger partial charge in [0.1, 0.15) is 18.4 Å². The number of aliphatic carboxylic acids is 1. The number of carbonyl (C=O) groups is 1. The van der Waals surface area contributed by atoms with Gasteiger partial charge in [-0.25, -0.2) is 0 Å². The van der Waals surface area contributed by atoms with Crippen molar-refractivity contribution in [3.63, 3.8) is 0 Å². The average molecular weight is 465 g/mol. The van der Waals surface area contributed by atoms with E-state index in [2.05, 4.69) is 41.5 Å². The number of para-hydroxylation sites is 1. The number of aromatic nitrogens is 1. The number of rotatable bonds is 9. The van der Waals surface area contributed by atoms with Crippen molar-refractivity contribution in [1.29, 1.82) is 0 Å². The Kier molecular flexibility index (Phi) is 6.51. The quantitative estimate of drug-likeness (QED) is 0.250. The number of benzene rings is 4. The molecule has 3 N–H and O–H groups in total. The standard InChI is InChI=1S/C30H28N2O3/c1-20-7-6-8-21(15-20)19-35-29-14-13-22-9-2-3-10-24(22)26(29)18-32-28(30(33)34)16-23-17-31-27-12-5-4-11-25(23)27/h2-15,17,28,31-32H,16,18-19H2,1H3,(H,33,34). The van der Waals surface area contributed by atoms with Gasteiger partial charge in [-0.15, -0.1) is 0 Å². The van der Waals surface area contributed by atoms with Crippen LogP contribution in [0.25, 0.3) is 21.7 Å². The van der Waals surface area contributed by atoms with Crippen LogP contribution in [0, 0.1) is 6.92 Å². The summed E-state index contributed by atoms with van der Waals surface area (Å²) in [5.41, 5.74) is 5.23. The molecule has 1 aromatic heterocycles. The lowest BCUT2D eigenvalue weighted by atomic mass is 10.0. The third-order valence-corrected chi connectivity index (χ3v) is 6.40. The van der Waals surface area contributed by atoms with Crippen molar-refractivity contribution < 1.29 is 14.6 Å². The second-order valence-electron chi connectivity index (χ2n) is 8.88. The number of hydrogen-bond acceptors (Lipinski definition) is 3. The molecular formula is C30H28N2O3. The summed E-state index contributed by atoms with van der Waals surface area (Å²) in [6.45, 7) is 2.89. The normalized spacial score (nSPS) is 12.1. The Bertz CT molecular complexity index is 1490. The number of H-pyrrole nitrogens is 1. The maximum atomic E-state index is 12.2. The average Bonchev–Trinajstić information content (AvgIpc) is 3.28. The number of aryl methyl sites for hydroxylation is 1. The molecule has 0 bridgehead atoms. The summed E-state index contributed by atoms with van der Waals surface area (Å²) in [4.78, 5) is 15.4. The Morgan fingerprint density at radius 2 is 1.77 bits per heavy atom. The predicted molar refractivity (Wildman–Crippen MR) is 140 cm³/mol. The molecule has 0 radical (unpaired) electrons. The van der Waals surface area contributed by atoms with Crippen molar-refractivity contribution in [2.24, 2.45) is 0 Å². The van der Waals surface area contributed by atoms with Gasteiger partial charge in [0.2, 0.25) is 0 Å². The van der Waals surface area contributed by atoms with Gasteiger partial charge in [-0.1, -0.05) is 78.4 Å². The van der Waals surface area contributed by atoms with E-state index >= 15 is 0 Å². The van der Waals surface area contributed by atoms with Gasteiger partial charge in [0.25, 0.3) is 0 Å². The third kappa shape index (κ3) is 5.05. The van der Waals surface area contributed by atoms with Crippen LogP contribution >= 0.6 is 0 Å². The SMILES string of the molecule is Cc1cccc(COc2ccc3ccccc3c2CNC(Cc2c[nH]c3ccccc23)C(=O)O)c1. The predicted octanol–water partition coefficient (Wildman–Crippen LogP) is 5.99. The molecule has 1 unspecified atom stereocenters. The highest BCUT2D eigenvalue weighted by Gasteiger charge is 2.21. The molecule has 0 saturated heterocycles. The number of ether oxygens (including phenoxy) is 1. The lowest BCUT2D eigenvalue weighted by Crippen LogP contribution is -2.38. The van der Waals surface area contributed by atoms with E-state index in [0.717, 1.165) is 44.1 Å². The van der Waals surface area contributed by atoms with Crippen molar-refractivity contribution in [3.05, 3.63) is 113 Å². The summed E-state index contributed by atoms with van der Waals surface area (Å²) in [6.07, 6.45) is 2.28. The Hall–Kier alpha value is -4.09. The monoisotopic (exact) mass is 464 g/mol. The zero-order chi connectivity index (χ0) is 24.2. The van der Waals surface area contributed by atoms with Gasteiger partial charge in [-0.3, -0.25) is 10.1 Å². The number of nitrogens with one attached hydrogen (secondary N) is 2. The number of fused-ring (bicyclic) bond motifs is 2. The smallest absolute Gasteiger partial charge is 0.321 e. The molecule has 0 amide bonds. The van der Waals surface area contributed by atoms with Crippen LogP contribution in [-0.2, 0) is 24.4 Å². The summed E-state index contributed by atoms with van der Waals surface area (Å²) in [5, 5.41) is 16.5. The van der Waals surface area contributed by atoms with Gasteiger partial charge < -0.3 is 14.8 Å². The van der Waals surface area contributed by atoms with E-state index in [1.165, 1.54) is 5.56 Å². The summed E-state index contributed by atoms with van der Waals surface area (Å²) in [7, 11) is 0. The van der Waals surface area contributed by atoms with E-state index in [4.69, 9.17) is 4.74 Å². The summed E-state index contributed by atoms with van der Waals surface area (Å²) in [5.74, 6) is -0.119. The number of carboxylic acid groups (broad SMARTS) is 1. The van der Waals surface area contributed by atoms with E-state index in [9.17, 15) is 9.90 Å². The van der Waals surface area contributed by atoms with Gasteiger partial charge in [0, 0.05) is 35.6 Å².